The molecule has 0 amide bonds. The topological polar surface area (TPSA) is 131 Å². The largest absolute Gasteiger partial charge is 0.439 e. The van der Waals surface area contributed by atoms with Crippen molar-refractivity contribution in [2.24, 2.45) is 0 Å². The summed E-state index contributed by atoms with van der Waals surface area (Å²) < 4.78 is 9.92. The Hall–Kier alpha value is -2.46. The van der Waals surface area contributed by atoms with Crippen LogP contribution in [0.3, 0.4) is 0 Å². The van der Waals surface area contributed by atoms with Crippen molar-refractivity contribution < 1.29 is 19.2 Å². The molecular formula is C17H13Cl3N4O5. The van der Waals surface area contributed by atoms with E-state index in [0.717, 1.165) is 0 Å². The second-order valence-electron chi connectivity index (χ2n) is 5.89. The third-order valence-electron chi connectivity index (χ3n) is 3.83. The molecule has 0 radical (unpaired) electrons. The van der Waals surface area contributed by atoms with Crippen molar-refractivity contribution in [1.82, 2.24) is 20.3 Å². The van der Waals surface area contributed by atoms with Crippen LogP contribution in [0.1, 0.15) is 41.2 Å². The van der Waals surface area contributed by atoms with E-state index in [4.69, 9.17) is 39.5 Å². The van der Waals surface area contributed by atoms with Crippen molar-refractivity contribution in [3.8, 4) is 11.6 Å². The van der Waals surface area contributed by atoms with E-state index < -0.39 is 17.6 Å². The van der Waals surface area contributed by atoms with Crippen LogP contribution in [0.15, 0.2) is 27.5 Å². The van der Waals surface area contributed by atoms with E-state index in [9.17, 15) is 14.7 Å². The average Bonchev–Trinajstić information content (AvgIpc) is 3.12. The van der Waals surface area contributed by atoms with Gasteiger partial charge in [-0.25, -0.2) is 4.79 Å². The first-order chi connectivity index (χ1) is 13.8. The summed E-state index contributed by atoms with van der Waals surface area (Å²) in [6.07, 6.45) is -0.538. The third-order valence-corrected chi connectivity index (χ3v) is 4.69. The summed E-state index contributed by atoms with van der Waals surface area (Å²) in [5, 5.41) is 21.2. The molecule has 0 spiro atoms. The fourth-order valence-corrected chi connectivity index (χ4v) is 3.24. The van der Waals surface area contributed by atoms with E-state index in [2.05, 4.69) is 24.9 Å². The highest BCUT2D eigenvalue weighted by molar-refractivity contribution is 6.37. The number of rotatable bonds is 7. The van der Waals surface area contributed by atoms with Crippen LogP contribution in [-0.2, 0) is 6.42 Å². The van der Waals surface area contributed by atoms with Gasteiger partial charge in [0.1, 0.15) is 0 Å². The lowest BCUT2D eigenvalue weighted by Crippen LogP contribution is -2.08. The molecule has 2 aromatic heterocycles. The quantitative estimate of drug-likeness (QED) is 0.510. The highest BCUT2D eigenvalue weighted by atomic mass is 35.5. The van der Waals surface area contributed by atoms with Gasteiger partial charge in [-0.05, 0) is 24.1 Å². The summed E-state index contributed by atoms with van der Waals surface area (Å²) >= 11 is 18.4. The molecule has 0 aliphatic heterocycles. The first-order valence-electron chi connectivity index (χ1n) is 8.24. The number of hydrogen-bond acceptors (Lipinski definition) is 8. The number of aliphatic hydroxyl groups excluding tert-OH is 1. The summed E-state index contributed by atoms with van der Waals surface area (Å²) in [5.74, 6) is -1.40. The number of Topliss-reactive ketones (excluding diaryl/α,β-unsaturated/α-hetero) is 1. The Bertz CT molecular complexity index is 1090. The molecule has 0 bridgehead atoms. The number of halogens is 3. The van der Waals surface area contributed by atoms with Gasteiger partial charge < -0.3 is 9.84 Å². The molecule has 152 valence electrons. The maximum absolute atomic E-state index is 12.1. The number of aromatic nitrogens is 4. The molecule has 2 N–H and O–H groups in total. The zero-order chi connectivity index (χ0) is 21.1. The van der Waals surface area contributed by atoms with E-state index in [-0.39, 0.29) is 39.1 Å². The summed E-state index contributed by atoms with van der Waals surface area (Å²) in [6.45, 7) is 1.78. The summed E-state index contributed by atoms with van der Waals surface area (Å²) in [4.78, 5) is 25.2. The minimum Gasteiger partial charge on any atom is -0.434 e. The van der Waals surface area contributed by atoms with Gasteiger partial charge in [0.05, 0.1) is 16.1 Å². The molecule has 0 fully saturated rings. The van der Waals surface area contributed by atoms with Gasteiger partial charge in [-0.3, -0.25) is 14.3 Å². The number of nitrogens with zero attached hydrogens (tertiary/aromatic N) is 3. The molecule has 3 aromatic rings. The first kappa shape index (κ1) is 21.3. The first-order valence-corrected chi connectivity index (χ1v) is 9.38. The van der Waals surface area contributed by atoms with Crippen LogP contribution in [0.2, 0.25) is 15.2 Å². The van der Waals surface area contributed by atoms with Crippen LogP contribution in [0, 0.1) is 0 Å². The monoisotopic (exact) mass is 458 g/mol. The second-order valence-corrected chi connectivity index (χ2v) is 7.06. The number of nitrogens with one attached hydrogen (secondary N) is 1. The standard InChI is InChI=1S/C17H13Cl3N4O5/c1-2-11(25)8-6-13(22-23-15(8)20)28-14-9(18)3-7(4-10(14)19)5-12(26)16-21-17(27)29-24-16/h3-4,6,11,25H,2,5H2,1H3,(H,21,24,27). The maximum atomic E-state index is 12.1. The Morgan fingerprint density at radius 3 is 2.52 bits per heavy atom. The smallest absolute Gasteiger partial charge is 0.434 e. The number of H-pyrrole nitrogens is 1. The summed E-state index contributed by atoms with van der Waals surface area (Å²) in [7, 11) is 0. The Labute approximate surface area is 178 Å². The van der Waals surface area contributed by atoms with E-state index in [0.29, 0.717) is 17.5 Å². The van der Waals surface area contributed by atoms with Crippen molar-refractivity contribution >= 4 is 40.6 Å². The van der Waals surface area contributed by atoms with Gasteiger partial charge in [0.2, 0.25) is 17.5 Å². The van der Waals surface area contributed by atoms with E-state index in [1.807, 2.05) is 0 Å². The van der Waals surface area contributed by atoms with Gasteiger partial charge in [-0.2, -0.15) is 0 Å². The number of carbonyl (C=O) groups excluding carboxylic acids is 1. The number of ketones is 1. The van der Waals surface area contributed by atoms with Crippen molar-refractivity contribution in [2.45, 2.75) is 25.9 Å². The van der Waals surface area contributed by atoms with Crippen LogP contribution in [0.25, 0.3) is 0 Å². The number of ether oxygens (including phenoxy) is 1. The minimum atomic E-state index is -0.831. The molecule has 2 heterocycles. The molecule has 1 aromatic carbocycles. The molecule has 0 aliphatic carbocycles. The van der Waals surface area contributed by atoms with Gasteiger partial charge in [0.15, 0.2) is 10.9 Å². The number of carbonyl (C=O) groups is 1. The predicted molar refractivity (Wildman–Crippen MR) is 104 cm³/mol. The van der Waals surface area contributed by atoms with E-state index >= 15 is 0 Å². The van der Waals surface area contributed by atoms with Gasteiger partial charge in [-0.15, -0.1) is 10.2 Å². The minimum absolute atomic E-state index is 0.0321. The van der Waals surface area contributed by atoms with Gasteiger partial charge in [0, 0.05) is 18.1 Å². The Morgan fingerprint density at radius 1 is 1.24 bits per heavy atom. The fraction of sp³-hybridized carbons (Fsp3) is 0.235. The van der Waals surface area contributed by atoms with Crippen molar-refractivity contribution in [3.63, 3.8) is 0 Å². The SMILES string of the molecule is CCC(O)c1cc(Oc2c(Cl)cc(CC(=O)c3noc(=O)[nH]3)cc2Cl)nnc1Cl. The van der Waals surface area contributed by atoms with Gasteiger partial charge in [0.25, 0.3) is 0 Å². The number of aromatic amines is 1. The molecule has 0 aliphatic rings. The third kappa shape index (κ3) is 4.94. The Balaban J connectivity index is 1.83. The lowest BCUT2D eigenvalue weighted by molar-refractivity contribution is 0.0980. The predicted octanol–water partition coefficient (Wildman–Crippen LogP) is 3.77. The Morgan fingerprint density at radius 2 is 1.93 bits per heavy atom. The zero-order valence-electron chi connectivity index (χ0n) is 14.8. The van der Waals surface area contributed by atoms with Gasteiger partial charge >= 0.3 is 5.76 Å². The van der Waals surface area contributed by atoms with Crippen molar-refractivity contribution in [3.05, 3.63) is 60.9 Å². The number of benzene rings is 1. The molecule has 0 saturated heterocycles. The van der Waals surface area contributed by atoms with Crippen molar-refractivity contribution in [2.75, 3.05) is 0 Å². The molecule has 12 heteroatoms. The van der Waals surface area contributed by atoms with Crippen LogP contribution >= 0.6 is 34.8 Å². The molecule has 1 atom stereocenters. The van der Waals surface area contributed by atoms with Crippen molar-refractivity contribution in [1.29, 1.82) is 0 Å². The van der Waals surface area contributed by atoms with E-state index in [1.54, 1.807) is 6.92 Å². The molecule has 1 unspecified atom stereocenters. The van der Waals surface area contributed by atoms with E-state index in [1.165, 1.54) is 18.2 Å². The molecule has 29 heavy (non-hydrogen) atoms. The normalized spacial score (nSPS) is 12.0. The number of hydrogen-bond donors (Lipinski definition) is 2. The zero-order valence-corrected chi connectivity index (χ0v) is 17.0. The fourth-order valence-electron chi connectivity index (χ4n) is 2.41. The van der Waals surface area contributed by atoms with Crippen LogP contribution in [0.5, 0.6) is 11.6 Å². The highest BCUT2D eigenvalue weighted by Crippen LogP contribution is 2.38. The van der Waals surface area contributed by atoms with Crippen LogP contribution in [-0.4, -0.2) is 31.2 Å². The molecule has 3 rings (SSSR count). The molecular weight excluding hydrogens is 447 g/mol. The lowest BCUT2D eigenvalue weighted by Gasteiger charge is -2.13. The molecule has 9 nitrogen and oxygen atoms in total. The summed E-state index contributed by atoms with van der Waals surface area (Å²) in [6, 6.07) is 4.39. The lowest BCUT2D eigenvalue weighted by atomic mass is 10.1. The molecule has 0 saturated carbocycles. The van der Waals surface area contributed by atoms with Crippen LogP contribution < -0.4 is 10.5 Å². The summed E-state index contributed by atoms with van der Waals surface area (Å²) in [5.41, 5.74) is 0.820. The maximum Gasteiger partial charge on any atom is 0.439 e. The average molecular weight is 460 g/mol. The second kappa shape index (κ2) is 8.91. The Kier molecular flexibility index (Phi) is 6.53. The van der Waals surface area contributed by atoms with Crippen LogP contribution in [0.4, 0.5) is 0 Å². The number of aliphatic hydroxyl groups is 1. The highest BCUT2D eigenvalue weighted by Gasteiger charge is 2.18. The van der Waals surface area contributed by atoms with Gasteiger partial charge in [-0.1, -0.05) is 46.9 Å².